The highest BCUT2D eigenvalue weighted by atomic mass is 79.9. The van der Waals surface area contributed by atoms with Crippen molar-refractivity contribution < 1.29 is 24.2 Å². The monoisotopic (exact) mass is 530 g/mol. The largest absolute Gasteiger partial charge is 0.478 e. The van der Waals surface area contributed by atoms with Gasteiger partial charge in [0.15, 0.2) is 10.8 Å². The highest BCUT2D eigenvalue weighted by Crippen LogP contribution is 2.47. The molecule has 2 heterocycles. The number of carbonyl (C=O) groups is 2. The summed E-state index contributed by atoms with van der Waals surface area (Å²) in [5.74, 6) is -1.66. The van der Waals surface area contributed by atoms with E-state index in [1.807, 2.05) is 6.92 Å². The van der Waals surface area contributed by atoms with Crippen LogP contribution in [0.5, 0.6) is 0 Å². The van der Waals surface area contributed by atoms with Crippen LogP contribution in [0.1, 0.15) is 52.0 Å². The van der Waals surface area contributed by atoms with Gasteiger partial charge in [-0.25, -0.2) is 14.6 Å². The lowest BCUT2D eigenvalue weighted by Crippen LogP contribution is -2.13. The van der Waals surface area contributed by atoms with Crippen LogP contribution in [-0.2, 0) is 13.0 Å². The minimum absolute atomic E-state index is 0.0639. The first-order valence-electron chi connectivity index (χ1n) is 10.3. The zero-order chi connectivity index (χ0) is 23.7. The van der Waals surface area contributed by atoms with E-state index in [2.05, 4.69) is 20.9 Å². The number of aryl methyl sites for hydroxylation is 1. The lowest BCUT2D eigenvalue weighted by Gasteiger charge is -2.14. The molecule has 0 atom stereocenters. The summed E-state index contributed by atoms with van der Waals surface area (Å²) in [6.07, 6.45) is 5.41. The predicted octanol–water partition coefficient (Wildman–Crippen LogP) is 6.45. The van der Waals surface area contributed by atoms with Crippen molar-refractivity contribution in [1.29, 1.82) is 0 Å². The Morgan fingerprint density at radius 2 is 1.88 bits per heavy atom. The van der Waals surface area contributed by atoms with Crippen molar-refractivity contribution >= 4 is 39.5 Å². The summed E-state index contributed by atoms with van der Waals surface area (Å²) in [5.41, 5.74) is 3.53. The smallest absolute Gasteiger partial charge is 0.355 e. The average Bonchev–Trinajstić information content (AvgIpc) is 3.26. The molecule has 0 unspecified atom stereocenters. The second-order valence-corrected chi connectivity index (χ2v) is 8.72. The number of unbranched alkanes of at least 4 members (excludes halogenated alkanes) is 1. The molecule has 4 rings (SSSR count). The number of aromatic nitrogens is 2. The van der Waals surface area contributed by atoms with Crippen LogP contribution in [0.15, 0.2) is 51.7 Å². The van der Waals surface area contributed by atoms with Crippen LogP contribution in [-0.4, -0.2) is 31.7 Å². The lowest BCUT2D eigenvalue weighted by molar-refractivity contribution is 0.0679. The van der Waals surface area contributed by atoms with E-state index in [9.17, 15) is 19.8 Å². The first kappa shape index (κ1) is 23.1. The first-order chi connectivity index (χ1) is 15.8. The number of hydrogen-bond acceptors (Lipinski definition) is 4. The molecule has 0 amide bonds. The van der Waals surface area contributed by atoms with Gasteiger partial charge in [-0.2, -0.15) is 0 Å². The lowest BCUT2D eigenvalue weighted by atomic mass is 9.98. The van der Waals surface area contributed by atoms with E-state index < -0.39 is 11.9 Å². The minimum Gasteiger partial charge on any atom is -0.478 e. The number of fused-ring (bicyclic) bond motifs is 1. The molecule has 0 spiro atoms. The molecular formula is C24H20BrClN2O5. The zero-order valence-electron chi connectivity index (χ0n) is 17.6. The first-order valence-corrected chi connectivity index (χ1v) is 11.5. The van der Waals surface area contributed by atoms with Crippen LogP contribution < -0.4 is 0 Å². The normalized spacial score (nSPS) is 11.2. The Balaban J connectivity index is 1.99. The maximum absolute atomic E-state index is 12.0. The van der Waals surface area contributed by atoms with Gasteiger partial charge >= 0.3 is 11.9 Å². The molecule has 0 fully saturated rings. The number of hydrogen-bond donors (Lipinski definition) is 2. The predicted molar refractivity (Wildman–Crippen MR) is 127 cm³/mol. The van der Waals surface area contributed by atoms with Gasteiger partial charge in [0.25, 0.3) is 0 Å². The van der Waals surface area contributed by atoms with Gasteiger partial charge in [-0.05, 0) is 51.2 Å². The van der Waals surface area contributed by atoms with Crippen molar-refractivity contribution in [1.82, 2.24) is 9.55 Å². The summed E-state index contributed by atoms with van der Waals surface area (Å²) >= 11 is 9.85. The summed E-state index contributed by atoms with van der Waals surface area (Å²) < 4.78 is 7.65. The third-order valence-corrected chi connectivity index (χ3v) is 6.66. The van der Waals surface area contributed by atoms with Gasteiger partial charge in [-0.3, -0.25) is 0 Å². The summed E-state index contributed by atoms with van der Waals surface area (Å²) in [5, 5.41) is 19.6. The van der Waals surface area contributed by atoms with Crippen LogP contribution >= 0.6 is 27.5 Å². The van der Waals surface area contributed by atoms with Gasteiger partial charge in [0.05, 0.1) is 24.6 Å². The summed E-state index contributed by atoms with van der Waals surface area (Å²) in [6, 6.07) is 8.50. The fourth-order valence-corrected chi connectivity index (χ4v) is 5.10. The highest BCUT2D eigenvalue weighted by molar-refractivity contribution is 9.10. The number of rotatable bonds is 8. The number of imidazole rings is 1. The molecule has 33 heavy (non-hydrogen) atoms. The average molecular weight is 532 g/mol. The Morgan fingerprint density at radius 1 is 1.12 bits per heavy atom. The van der Waals surface area contributed by atoms with Crippen molar-refractivity contribution in [2.45, 2.75) is 32.7 Å². The van der Waals surface area contributed by atoms with Crippen molar-refractivity contribution in [3.63, 3.8) is 0 Å². The van der Waals surface area contributed by atoms with Gasteiger partial charge in [-0.1, -0.05) is 43.1 Å². The van der Waals surface area contributed by atoms with Gasteiger partial charge in [0.1, 0.15) is 5.82 Å². The Kier molecular flexibility index (Phi) is 6.58. The molecule has 170 valence electrons. The fraction of sp³-hybridized carbons (Fsp3) is 0.208. The van der Waals surface area contributed by atoms with E-state index >= 15 is 0 Å². The molecule has 1 aliphatic heterocycles. The Hall–Kier alpha value is -3.10. The Labute approximate surface area is 203 Å². The molecular weight excluding hydrogens is 512 g/mol. The quantitative estimate of drug-likeness (QED) is 0.271. The number of aromatic carboxylic acids is 2. The standard InChI is InChI=1S/C24H20BrClN2O5/c1-2-3-8-18-27-22(26)21(24(31)32)28(18)11-16-13-9-10-33-12-17(13)20(25)19(16)14-6-4-5-7-15(14)23(29)30/h4-7,9-10,12H,2-3,8,11H2,1H3,(H,29,30)(H,31,32). The molecule has 1 aliphatic carbocycles. The number of halogens is 2. The van der Waals surface area contributed by atoms with Crippen LogP contribution in [0, 0.1) is 0 Å². The third-order valence-electron chi connectivity index (χ3n) is 5.58. The summed E-state index contributed by atoms with van der Waals surface area (Å²) in [7, 11) is 0. The van der Waals surface area contributed by atoms with Crippen molar-refractivity contribution in [3.05, 3.63) is 75.1 Å². The summed E-state index contributed by atoms with van der Waals surface area (Å²) in [6.45, 7) is 2.19. The van der Waals surface area contributed by atoms with Gasteiger partial charge in [-0.15, -0.1) is 0 Å². The van der Waals surface area contributed by atoms with Crippen LogP contribution in [0.2, 0.25) is 5.15 Å². The van der Waals surface area contributed by atoms with Crippen LogP contribution in [0.4, 0.5) is 0 Å². The fourth-order valence-electron chi connectivity index (χ4n) is 4.06. The number of benzene rings is 1. The molecule has 0 radical (unpaired) electrons. The molecule has 0 bridgehead atoms. The van der Waals surface area contributed by atoms with Crippen molar-refractivity contribution in [2.24, 2.45) is 0 Å². The Bertz CT molecular complexity index is 1330. The molecule has 9 heteroatoms. The molecule has 1 aromatic heterocycles. The third kappa shape index (κ3) is 4.16. The van der Waals surface area contributed by atoms with E-state index in [0.717, 1.165) is 29.5 Å². The number of carboxylic acid groups (broad SMARTS) is 2. The zero-order valence-corrected chi connectivity index (χ0v) is 20.0. The highest BCUT2D eigenvalue weighted by Gasteiger charge is 2.29. The van der Waals surface area contributed by atoms with E-state index in [1.165, 1.54) is 6.26 Å². The topological polar surface area (TPSA) is 106 Å². The maximum atomic E-state index is 12.0. The molecule has 2 aromatic rings. The van der Waals surface area contributed by atoms with E-state index in [0.29, 0.717) is 27.8 Å². The van der Waals surface area contributed by atoms with Crippen LogP contribution in [0.25, 0.3) is 22.3 Å². The van der Waals surface area contributed by atoms with Crippen LogP contribution in [0.3, 0.4) is 0 Å². The molecule has 2 aliphatic rings. The van der Waals surface area contributed by atoms with Gasteiger partial charge in [0, 0.05) is 22.0 Å². The van der Waals surface area contributed by atoms with Crippen molar-refractivity contribution in [2.75, 3.05) is 0 Å². The number of carboxylic acids is 2. The van der Waals surface area contributed by atoms with E-state index in [4.69, 9.17) is 16.0 Å². The van der Waals surface area contributed by atoms with E-state index in [-0.39, 0.29) is 23.0 Å². The number of nitrogens with zero attached hydrogens (tertiary/aromatic N) is 2. The SMILES string of the molecule is CCCCc1nc(Cl)c(C(=O)O)n1Cc1c2ccocc-2c(Br)c1-c1ccccc1C(=O)O. The minimum atomic E-state index is -1.17. The molecule has 0 saturated heterocycles. The van der Waals surface area contributed by atoms with Gasteiger partial charge < -0.3 is 19.2 Å². The van der Waals surface area contributed by atoms with E-state index in [1.54, 1.807) is 41.2 Å². The second-order valence-electron chi connectivity index (χ2n) is 7.56. The van der Waals surface area contributed by atoms with Crippen molar-refractivity contribution in [3.8, 4) is 22.3 Å². The second kappa shape index (κ2) is 9.41. The maximum Gasteiger partial charge on any atom is 0.355 e. The summed E-state index contributed by atoms with van der Waals surface area (Å²) in [4.78, 5) is 28.3. The molecule has 1 aromatic carbocycles. The van der Waals surface area contributed by atoms with Gasteiger partial charge in [0.2, 0.25) is 0 Å². The molecule has 7 nitrogen and oxygen atoms in total. The molecule has 0 saturated carbocycles. The molecule has 2 N–H and O–H groups in total. The Morgan fingerprint density at radius 3 is 2.58 bits per heavy atom.